The van der Waals surface area contributed by atoms with Crippen LogP contribution in [0.5, 0.6) is 0 Å². The fourth-order valence-electron chi connectivity index (χ4n) is 1.31. The van der Waals surface area contributed by atoms with Crippen LogP contribution in [0.1, 0.15) is 31.4 Å². The van der Waals surface area contributed by atoms with Crippen LogP contribution < -0.4 is 5.73 Å². The number of hydrogen-bond donors (Lipinski definition) is 1. The van der Waals surface area contributed by atoms with E-state index in [9.17, 15) is 0 Å². The minimum atomic E-state index is -0.0735. The van der Waals surface area contributed by atoms with E-state index in [-0.39, 0.29) is 6.04 Å². The molecule has 80 valence electrons. The average Bonchev–Trinajstić information content (AvgIpc) is 2.17. The molecular weight excluding hydrogens is 229 g/mol. The van der Waals surface area contributed by atoms with Gasteiger partial charge < -0.3 is 5.73 Å². The molecule has 2 N–H and O–H groups in total. The molecule has 1 unspecified atom stereocenters. The number of benzene rings is 1. The van der Waals surface area contributed by atoms with Crippen LogP contribution in [0.3, 0.4) is 0 Å². The van der Waals surface area contributed by atoms with Crippen molar-refractivity contribution >= 4 is 23.2 Å². The Kier molecular flexibility index (Phi) is 4.98. The first-order chi connectivity index (χ1) is 7.15. The lowest BCUT2D eigenvalue weighted by atomic mass is 10.0. The molecule has 1 rings (SSSR count). The molecule has 0 aliphatic heterocycles. The maximum Gasteiger partial charge on any atom is 0.0468 e. The quantitative estimate of drug-likeness (QED) is 0.801. The van der Waals surface area contributed by atoms with E-state index in [1.807, 2.05) is 13.0 Å². The lowest BCUT2D eigenvalue weighted by Crippen LogP contribution is -2.10. The SMILES string of the molecule is CC#CCCC(N)c1ccc(Cl)cc1Cl. The molecular formula is C12H13Cl2N. The molecule has 1 aromatic carbocycles. The topological polar surface area (TPSA) is 26.0 Å². The van der Waals surface area contributed by atoms with E-state index in [0.29, 0.717) is 10.0 Å². The zero-order valence-corrected chi connectivity index (χ0v) is 10.1. The summed E-state index contributed by atoms with van der Waals surface area (Å²) in [5.41, 5.74) is 6.92. The highest BCUT2D eigenvalue weighted by molar-refractivity contribution is 6.35. The van der Waals surface area contributed by atoms with Gasteiger partial charge in [0.15, 0.2) is 0 Å². The van der Waals surface area contributed by atoms with Gasteiger partial charge in [-0.25, -0.2) is 0 Å². The van der Waals surface area contributed by atoms with Crippen molar-refractivity contribution in [3.63, 3.8) is 0 Å². The van der Waals surface area contributed by atoms with Crippen molar-refractivity contribution < 1.29 is 0 Å². The van der Waals surface area contributed by atoms with E-state index in [2.05, 4.69) is 11.8 Å². The Bertz CT molecular complexity index is 390. The number of hydrogen-bond acceptors (Lipinski definition) is 1. The van der Waals surface area contributed by atoms with Gasteiger partial charge in [-0.1, -0.05) is 29.3 Å². The molecule has 0 aromatic heterocycles. The summed E-state index contributed by atoms with van der Waals surface area (Å²) in [4.78, 5) is 0. The van der Waals surface area contributed by atoms with Gasteiger partial charge in [0, 0.05) is 22.5 Å². The van der Waals surface area contributed by atoms with Gasteiger partial charge in [-0.15, -0.1) is 11.8 Å². The summed E-state index contributed by atoms with van der Waals surface area (Å²) < 4.78 is 0. The minimum Gasteiger partial charge on any atom is -0.324 e. The smallest absolute Gasteiger partial charge is 0.0468 e. The summed E-state index contributed by atoms with van der Waals surface area (Å²) in [6, 6.07) is 5.31. The van der Waals surface area contributed by atoms with Gasteiger partial charge in [0.1, 0.15) is 0 Å². The second kappa shape index (κ2) is 6.02. The maximum atomic E-state index is 6.04. The highest BCUT2D eigenvalue weighted by atomic mass is 35.5. The van der Waals surface area contributed by atoms with Gasteiger partial charge in [-0.05, 0) is 31.0 Å². The first kappa shape index (κ1) is 12.4. The Morgan fingerprint density at radius 3 is 2.73 bits per heavy atom. The molecule has 0 spiro atoms. The largest absolute Gasteiger partial charge is 0.324 e. The molecule has 0 saturated heterocycles. The number of halogens is 2. The standard InChI is InChI=1S/C12H13Cl2N/c1-2-3-4-5-12(15)10-7-6-9(13)8-11(10)14/h6-8,12H,4-5,15H2,1H3. The molecule has 0 fully saturated rings. The van der Waals surface area contributed by atoms with E-state index < -0.39 is 0 Å². The van der Waals surface area contributed by atoms with Crippen LogP contribution in [-0.2, 0) is 0 Å². The van der Waals surface area contributed by atoms with E-state index in [1.54, 1.807) is 12.1 Å². The van der Waals surface area contributed by atoms with Gasteiger partial charge in [-0.2, -0.15) is 0 Å². The molecule has 0 radical (unpaired) electrons. The molecule has 0 heterocycles. The monoisotopic (exact) mass is 241 g/mol. The second-order valence-electron chi connectivity index (χ2n) is 3.24. The normalized spacial score (nSPS) is 11.7. The molecule has 15 heavy (non-hydrogen) atoms. The highest BCUT2D eigenvalue weighted by Crippen LogP contribution is 2.27. The van der Waals surface area contributed by atoms with Gasteiger partial charge >= 0.3 is 0 Å². The van der Waals surface area contributed by atoms with Crippen molar-refractivity contribution in [1.82, 2.24) is 0 Å². The maximum absolute atomic E-state index is 6.04. The van der Waals surface area contributed by atoms with Crippen LogP contribution in [0.15, 0.2) is 18.2 Å². The van der Waals surface area contributed by atoms with Crippen LogP contribution in [0, 0.1) is 11.8 Å². The summed E-state index contributed by atoms with van der Waals surface area (Å²) in [5, 5.41) is 1.25. The highest BCUT2D eigenvalue weighted by Gasteiger charge is 2.09. The minimum absolute atomic E-state index is 0.0735. The van der Waals surface area contributed by atoms with Crippen molar-refractivity contribution in [2.45, 2.75) is 25.8 Å². The lowest BCUT2D eigenvalue weighted by Gasteiger charge is -2.12. The zero-order valence-electron chi connectivity index (χ0n) is 8.56. The van der Waals surface area contributed by atoms with Crippen molar-refractivity contribution in [1.29, 1.82) is 0 Å². The van der Waals surface area contributed by atoms with Gasteiger partial charge in [0.2, 0.25) is 0 Å². The van der Waals surface area contributed by atoms with Crippen molar-refractivity contribution in [3.8, 4) is 11.8 Å². The summed E-state index contributed by atoms with van der Waals surface area (Å²) in [7, 11) is 0. The summed E-state index contributed by atoms with van der Waals surface area (Å²) >= 11 is 11.8. The van der Waals surface area contributed by atoms with Crippen molar-refractivity contribution in [2.24, 2.45) is 5.73 Å². The lowest BCUT2D eigenvalue weighted by molar-refractivity contribution is 0.668. The fraction of sp³-hybridized carbons (Fsp3) is 0.333. The molecule has 0 saturated carbocycles. The molecule has 0 amide bonds. The van der Waals surface area contributed by atoms with Gasteiger partial charge in [-0.3, -0.25) is 0 Å². The average molecular weight is 242 g/mol. The van der Waals surface area contributed by atoms with E-state index in [4.69, 9.17) is 28.9 Å². The Morgan fingerprint density at radius 1 is 1.40 bits per heavy atom. The van der Waals surface area contributed by atoms with Crippen LogP contribution in [0.2, 0.25) is 10.0 Å². The molecule has 1 nitrogen and oxygen atoms in total. The Morgan fingerprint density at radius 2 is 2.13 bits per heavy atom. The Hall–Kier alpha value is -0.680. The first-order valence-corrected chi connectivity index (χ1v) is 5.51. The predicted octanol–water partition coefficient (Wildman–Crippen LogP) is 3.80. The van der Waals surface area contributed by atoms with Crippen LogP contribution >= 0.6 is 23.2 Å². The molecule has 3 heteroatoms. The van der Waals surface area contributed by atoms with Gasteiger partial charge in [0.05, 0.1) is 0 Å². The summed E-state index contributed by atoms with van der Waals surface area (Å²) in [6.45, 7) is 1.82. The van der Waals surface area contributed by atoms with E-state index in [1.165, 1.54) is 0 Å². The van der Waals surface area contributed by atoms with Gasteiger partial charge in [0.25, 0.3) is 0 Å². The Labute approximate surface area is 101 Å². The third-order valence-corrected chi connectivity index (χ3v) is 2.68. The molecule has 1 aromatic rings. The molecule has 0 aliphatic rings. The van der Waals surface area contributed by atoms with E-state index >= 15 is 0 Å². The number of nitrogens with two attached hydrogens (primary N) is 1. The third kappa shape index (κ3) is 3.76. The summed E-state index contributed by atoms with van der Waals surface area (Å²) in [5.74, 6) is 5.82. The first-order valence-electron chi connectivity index (χ1n) is 4.75. The van der Waals surface area contributed by atoms with Crippen LogP contribution in [-0.4, -0.2) is 0 Å². The van der Waals surface area contributed by atoms with Crippen LogP contribution in [0.25, 0.3) is 0 Å². The third-order valence-electron chi connectivity index (χ3n) is 2.12. The number of rotatable bonds is 3. The molecule has 1 atom stereocenters. The predicted molar refractivity (Wildman–Crippen MR) is 66.1 cm³/mol. The van der Waals surface area contributed by atoms with E-state index in [0.717, 1.165) is 18.4 Å². The molecule has 0 bridgehead atoms. The molecule has 0 aliphatic carbocycles. The summed E-state index contributed by atoms with van der Waals surface area (Å²) in [6.07, 6.45) is 1.60. The Balaban J connectivity index is 2.71. The second-order valence-corrected chi connectivity index (χ2v) is 4.08. The fourth-order valence-corrected chi connectivity index (χ4v) is 1.86. The van der Waals surface area contributed by atoms with Crippen LogP contribution in [0.4, 0.5) is 0 Å². The van der Waals surface area contributed by atoms with Crippen molar-refractivity contribution in [3.05, 3.63) is 33.8 Å². The zero-order chi connectivity index (χ0) is 11.3. The van der Waals surface area contributed by atoms with Crippen molar-refractivity contribution in [2.75, 3.05) is 0 Å².